The van der Waals surface area contributed by atoms with Crippen molar-refractivity contribution < 1.29 is 36.9 Å². The first-order valence-electron chi connectivity index (χ1n) is 12.2. The van der Waals surface area contributed by atoms with Gasteiger partial charge in [-0.05, 0) is 30.7 Å². The summed E-state index contributed by atoms with van der Waals surface area (Å²) < 4.78 is 62.8. The summed E-state index contributed by atoms with van der Waals surface area (Å²) in [6.45, 7) is 0.517. The van der Waals surface area contributed by atoms with E-state index >= 15 is 0 Å². The molecule has 3 N–H and O–H groups in total. The molecule has 2 aromatic carbocycles. The Morgan fingerprint density at radius 3 is 2.83 bits per heavy atom. The molecule has 0 saturated carbocycles. The molecule has 0 bridgehead atoms. The van der Waals surface area contributed by atoms with Gasteiger partial charge < -0.3 is 25.2 Å². The van der Waals surface area contributed by atoms with Crippen LogP contribution < -0.4 is 15.4 Å². The van der Waals surface area contributed by atoms with Crippen LogP contribution >= 0.6 is 11.6 Å². The Balaban J connectivity index is 1.53. The summed E-state index contributed by atoms with van der Waals surface area (Å²) in [7, 11) is 0. The highest BCUT2D eigenvalue weighted by Gasteiger charge is 2.29. The standard InChI is InChI=1S/C26H26ClF4N5O4/c27-19-10-16(3-4-20(19)28)34-25-18-11-22(23(40-14-26(29,30)31)12-21(18)32-15-33-25)35-24(38)2-1-6-36-7-5-17(13-36)39-9-8-37/h1-4,10-12,15,17,37H,5-9,13-14H2,(H,35,38)(H,32,33,34). The van der Waals surface area contributed by atoms with Gasteiger partial charge in [-0.2, -0.15) is 13.2 Å². The fourth-order valence-electron chi connectivity index (χ4n) is 4.07. The molecule has 1 saturated heterocycles. The third kappa shape index (κ3) is 8.24. The van der Waals surface area contributed by atoms with Crippen molar-refractivity contribution in [2.24, 2.45) is 0 Å². The van der Waals surface area contributed by atoms with Crippen LogP contribution in [0, 0.1) is 5.82 Å². The van der Waals surface area contributed by atoms with Crippen LogP contribution in [0.1, 0.15) is 6.42 Å². The molecule has 214 valence electrons. The van der Waals surface area contributed by atoms with Crippen molar-refractivity contribution in [2.75, 3.05) is 50.1 Å². The van der Waals surface area contributed by atoms with Gasteiger partial charge in [-0.3, -0.25) is 9.69 Å². The van der Waals surface area contributed by atoms with Crippen molar-refractivity contribution in [3.8, 4) is 5.75 Å². The van der Waals surface area contributed by atoms with E-state index in [2.05, 4.69) is 25.5 Å². The molecule has 1 atom stereocenters. The minimum atomic E-state index is -4.61. The van der Waals surface area contributed by atoms with E-state index in [1.807, 2.05) is 0 Å². The predicted octanol–water partition coefficient (Wildman–Crippen LogP) is 4.68. The fourth-order valence-corrected chi connectivity index (χ4v) is 4.25. The molecule has 1 fully saturated rings. The van der Waals surface area contributed by atoms with Crippen LogP contribution in [0.3, 0.4) is 0 Å². The predicted molar refractivity (Wildman–Crippen MR) is 141 cm³/mol. The number of likely N-dealkylation sites (tertiary alicyclic amines) is 1. The second kappa shape index (κ2) is 13.2. The number of alkyl halides is 3. The molecule has 40 heavy (non-hydrogen) atoms. The summed E-state index contributed by atoms with van der Waals surface area (Å²) in [4.78, 5) is 23.0. The van der Waals surface area contributed by atoms with E-state index in [4.69, 9.17) is 26.2 Å². The number of ether oxygens (including phenoxy) is 2. The third-order valence-electron chi connectivity index (χ3n) is 5.88. The molecule has 0 radical (unpaired) electrons. The molecule has 3 aromatic rings. The molecule has 9 nitrogen and oxygen atoms in total. The van der Waals surface area contributed by atoms with Crippen molar-refractivity contribution >= 4 is 45.6 Å². The number of hydrogen-bond acceptors (Lipinski definition) is 8. The van der Waals surface area contributed by atoms with Gasteiger partial charge in [0.2, 0.25) is 5.91 Å². The van der Waals surface area contributed by atoms with Crippen molar-refractivity contribution in [2.45, 2.75) is 18.7 Å². The van der Waals surface area contributed by atoms with Gasteiger partial charge in [-0.25, -0.2) is 14.4 Å². The van der Waals surface area contributed by atoms with E-state index in [0.717, 1.165) is 13.0 Å². The maximum absolute atomic E-state index is 13.6. The molecule has 1 amide bonds. The monoisotopic (exact) mass is 583 g/mol. The Labute approximate surface area is 231 Å². The van der Waals surface area contributed by atoms with E-state index in [1.165, 1.54) is 42.7 Å². The number of amides is 1. The Bertz CT molecular complexity index is 1370. The number of benzene rings is 2. The van der Waals surface area contributed by atoms with E-state index in [-0.39, 0.29) is 47.1 Å². The quantitative estimate of drug-likeness (QED) is 0.220. The second-order valence-electron chi connectivity index (χ2n) is 8.90. The third-order valence-corrected chi connectivity index (χ3v) is 6.16. The molecule has 14 heteroatoms. The number of aliphatic hydroxyl groups excluding tert-OH is 1. The number of carbonyl (C=O) groups is 1. The number of hydrogen-bond donors (Lipinski definition) is 3. The van der Waals surface area contributed by atoms with Crippen LogP contribution in [0.15, 0.2) is 48.8 Å². The zero-order valence-corrected chi connectivity index (χ0v) is 21.8. The highest BCUT2D eigenvalue weighted by Crippen LogP contribution is 2.34. The number of nitrogens with zero attached hydrogens (tertiary/aromatic N) is 3. The van der Waals surface area contributed by atoms with E-state index < -0.39 is 24.5 Å². The van der Waals surface area contributed by atoms with Crippen LogP contribution in [0.5, 0.6) is 5.75 Å². The Morgan fingerprint density at radius 2 is 2.08 bits per heavy atom. The number of nitrogens with one attached hydrogen (secondary N) is 2. The molecule has 1 aliphatic heterocycles. The minimum absolute atomic E-state index is 0.0104. The molecule has 1 aliphatic rings. The first kappa shape index (κ1) is 29.5. The summed E-state index contributed by atoms with van der Waals surface area (Å²) in [6, 6.07) is 6.61. The summed E-state index contributed by atoms with van der Waals surface area (Å²) in [5.74, 6) is -1.18. The summed E-state index contributed by atoms with van der Waals surface area (Å²) in [5.41, 5.74) is 0.617. The van der Waals surface area contributed by atoms with Crippen LogP contribution in [0.25, 0.3) is 10.9 Å². The van der Waals surface area contributed by atoms with Crippen molar-refractivity contribution in [1.29, 1.82) is 0 Å². The molecule has 0 spiro atoms. The number of rotatable bonds is 11. The maximum Gasteiger partial charge on any atom is 0.422 e. The zero-order chi connectivity index (χ0) is 28.7. The normalized spacial score (nSPS) is 16.1. The molecule has 0 aliphatic carbocycles. The van der Waals surface area contributed by atoms with Crippen LogP contribution in [-0.4, -0.2) is 77.6 Å². The molecule has 1 aromatic heterocycles. The Hall–Kier alpha value is -3.52. The molecular weight excluding hydrogens is 558 g/mol. The Morgan fingerprint density at radius 1 is 1.25 bits per heavy atom. The molecular formula is C26H26ClF4N5O4. The number of aromatic nitrogens is 2. The van der Waals surface area contributed by atoms with Gasteiger partial charge in [-0.1, -0.05) is 17.7 Å². The number of halogens is 5. The Kier molecular flexibility index (Phi) is 9.74. The van der Waals surface area contributed by atoms with Gasteiger partial charge in [0.25, 0.3) is 0 Å². The lowest BCUT2D eigenvalue weighted by Gasteiger charge is -2.16. The number of aliphatic hydroxyl groups is 1. The first-order chi connectivity index (χ1) is 19.1. The summed E-state index contributed by atoms with van der Waals surface area (Å²) in [5, 5.41) is 14.7. The lowest BCUT2D eigenvalue weighted by molar-refractivity contribution is -0.153. The smallest absolute Gasteiger partial charge is 0.422 e. The van der Waals surface area contributed by atoms with Crippen molar-refractivity contribution in [3.05, 3.63) is 59.7 Å². The van der Waals surface area contributed by atoms with Gasteiger partial charge in [0.1, 0.15) is 23.7 Å². The largest absolute Gasteiger partial charge is 0.482 e. The number of carbonyl (C=O) groups excluding carboxylic acids is 1. The van der Waals surface area contributed by atoms with Gasteiger partial charge >= 0.3 is 6.18 Å². The lowest BCUT2D eigenvalue weighted by atomic mass is 10.1. The van der Waals surface area contributed by atoms with Gasteiger partial charge in [0.15, 0.2) is 6.61 Å². The summed E-state index contributed by atoms with van der Waals surface area (Å²) in [6.07, 6.45) is 0.319. The second-order valence-corrected chi connectivity index (χ2v) is 9.31. The zero-order valence-electron chi connectivity index (χ0n) is 21.0. The van der Waals surface area contributed by atoms with E-state index in [9.17, 15) is 22.4 Å². The van der Waals surface area contributed by atoms with Crippen LogP contribution in [0.2, 0.25) is 5.02 Å². The summed E-state index contributed by atoms with van der Waals surface area (Å²) >= 11 is 5.86. The average molecular weight is 584 g/mol. The van der Waals surface area contributed by atoms with Crippen LogP contribution in [0.4, 0.5) is 34.8 Å². The van der Waals surface area contributed by atoms with Crippen molar-refractivity contribution in [3.63, 3.8) is 0 Å². The van der Waals surface area contributed by atoms with Gasteiger partial charge in [0.05, 0.1) is 35.5 Å². The van der Waals surface area contributed by atoms with E-state index in [0.29, 0.717) is 24.2 Å². The minimum Gasteiger partial charge on any atom is -0.482 e. The van der Waals surface area contributed by atoms with Crippen LogP contribution in [-0.2, 0) is 9.53 Å². The molecule has 2 heterocycles. The lowest BCUT2D eigenvalue weighted by Crippen LogP contribution is -2.24. The highest BCUT2D eigenvalue weighted by atomic mass is 35.5. The highest BCUT2D eigenvalue weighted by molar-refractivity contribution is 6.31. The van der Waals surface area contributed by atoms with Gasteiger partial charge in [0, 0.05) is 42.9 Å². The topological polar surface area (TPSA) is 109 Å². The van der Waals surface area contributed by atoms with Crippen molar-refractivity contribution in [1.82, 2.24) is 14.9 Å². The fraction of sp³-hybridized carbons (Fsp3) is 0.346. The average Bonchev–Trinajstić information content (AvgIpc) is 3.36. The molecule has 4 rings (SSSR count). The number of fused-ring (bicyclic) bond motifs is 1. The first-order valence-corrected chi connectivity index (χ1v) is 12.6. The van der Waals surface area contributed by atoms with Gasteiger partial charge in [-0.15, -0.1) is 0 Å². The van der Waals surface area contributed by atoms with E-state index in [1.54, 1.807) is 6.08 Å². The molecule has 1 unspecified atom stereocenters. The maximum atomic E-state index is 13.6. The SMILES string of the molecule is O=C(C=CCN1CCC(OCCO)C1)Nc1cc2c(Nc3ccc(F)c(Cl)c3)ncnc2cc1OCC(F)(F)F. The number of anilines is 3.